The van der Waals surface area contributed by atoms with E-state index in [-0.39, 0.29) is 0 Å². The van der Waals surface area contributed by atoms with Gasteiger partial charge in [-0.3, -0.25) is 4.90 Å². The monoisotopic (exact) mass is 273 g/mol. The molecule has 0 aliphatic carbocycles. The highest BCUT2D eigenvalue weighted by Crippen LogP contribution is 2.17. The summed E-state index contributed by atoms with van der Waals surface area (Å²) in [6.45, 7) is 8.11. The van der Waals surface area contributed by atoms with Crippen LogP contribution in [0.4, 0.5) is 0 Å². The molecule has 2 heterocycles. The Kier molecular flexibility index (Phi) is 4.35. The van der Waals surface area contributed by atoms with Crippen LogP contribution in [0.3, 0.4) is 0 Å². The number of para-hydroxylation sites is 1. The molecule has 1 aromatic heterocycles. The first-order valence-electron chi connectivity index (χ1n) is 7.41. The molecule has 4 heteroatoms. The lowest BCUT2D eigenvalue weighted by Crippen LogP contribution is -2.44. The van der Waals surface area contributed by atoms with E-state index in [0.717, 1.165) is 39.4 Å². The molecule has 108 valence electrons. The zero-order valence-corrected chi connectivity index (χ0v) is 12.1. The predicted molar refractivity (Wildman–Crippen MR) is 81.9 cm³/mol. The normalized spacial score (nSPS) is 18.4. The molecule has 1 fully saturated rings. The van der Waals surface area contributed by atoms with Crippen LogP contribution >= 0.6 is 0 Å². The lowest BCUT2D eigenvalue weighted by atomic mass is 10.1. The van der Waals surface area contributed by atoms with Crippen molar-refractivity contribution in [1.82, 2.24) is 15.2 Å². The Balaban J connectivity index is 1.53. The summed E-state index contributed by atoms with van der Waals surface area (Å²) in [5, 5.41) is 4.94. The molecule has 0 amide bonds. The third-order valence-corrected chi connectivity index (χ3v) is 3.95. The first-order chi connectivity index (χ1) is 9.83. The van der Waals surface area contributed by atoms with Gasteiger partial charge >= 0.3 is 0 Å². The van der Waals surface area contributed by atoms with Gasteiger partial charge in [-0.05, 0) is 18.6 Å². The Hall–Kier alpha value is -1.36. The fourth-order valence-corrected chi connectivity index (χ4v) is 2.80. The van der Waals surface area contributed by atoms with Crippen molar-refractivity contribution in [3.63, 3.8) is 0 Å². The second kappa shape index (κ2) is 6.39. The highest BCUT2D eigenvalue weighted by molar-refractivity contribution is 5.82. The number of ether oxygens (including phenoxy) is 1. The Morgan fingerprint density at radius 1 is 1.30 bits per heavy atom. The van der Waals surface area contributed by atoms with E-state index in [1.807, 2.05) is 0 Å². The van der Waals surface area contributed by atoms with Gasteiger partial charge in [-0.15, -0.1) is 0 Å². The zero-order valence-electron chi connectivity index (χ0n) is 12.1. The Morgan fingerprint density at radius 2 is 2.10 bits per heavy atom. The second-order valence-corrected chi connectivity index (χ2v) is 5.55. The standard InChI is InChI=1S/C16H23N3O/c1-13(12-19-6-8-20-9-7-19)17-10-14-11-18-16-5-3-2-4-15(14)16/h2-5,11,13,17-18H,6-10,12H2,1H3. The van der Waals surface area contributed by atoms with E-state index in [0.29, 0.717) is 6.04 Å². The van der Waals surface area contributed by atoms with Gasteiger partial charge in [0.2, 0.25) is 0 Å². The molecule has 1 aromatic carbocycles. The van der Waals surface area contributed by atoms with Crippen LogP contribution in [0.5, 0.6) is 0 Å². The second-order valence-electron chi connectivity index (χ2n) is 5.55. The Labute approximate surface area is 120 Å². The minimum atomic E-state index is 0.488. The van der Waals surface area contributed by atoms with E-state index in [9.17, 15) is 0 Å². The zero-order chi connectivity index (χ0) is 13.8. The number of H-pyrrole nitrogens is 1. The fraction of sp³-hybridized carbons (Fsp3) is 0.500. The van der Waals surface area contributed by atoms with Crippen LogP contribution in [0.1, 0.15) is 12.5 Å². The third kappa shape index (κ3) is 3.20. The first kappa shape index (κ1) is 13.6. The summed E-state index contributed by atoms with van der Waals surface area (Å²) in [5.74, 6) is 0. The van der Waals surface area contributed by atoms with Crippen molar-refractivity contribution in [2.45, 2.75) is 19.5 Å². The molecule has 1 aliphatic heterocycles. The van der Waals surface area contributed by atoms with Crippen molar-refractivity contribution < 1.29 is 4.74 Å². The molecule has 1 unspecified atom stereocenters. The van der Waals surface area contributed by atoms with Crippen molar-refractivity contribution in [3.8, 4) is 0 Å². The highest BCUT2D eigenvalue weighted by Gasteiger charge is 2.13. The molecule has 0 radical (unpaired) electrons. The molecule has 4 nitrogen and oxygen atoms in total. The molecule has 1 atom stereocenters. The molecule has 2 N–H and O–H groups in total. The van der Waals surface area contributed by atoms with Gasteiger partial charge < -0.3 is 15.0 Å². The molecule has 0 bridgehead atoms. The number of aromatic amines is 1. The van der Waals surface area contributed by atoms with Gasteiger partial charge in [0.15, 0.2) is 0 Å². The van der Waals surface area contributed by atoms with Crippen LogP contribution < -0.4 is 5.32 Å². The number of benzene rings is 1. The molecule has 20 heavy (non-hydrogen) atoms. The smallest absolute Gasteiger partial charge is 0.0594 e. The number of hydrogen-bond acceptors (Lipinski definition) is 3. The third-order valence-electron chi connectivity index (χ3n) is 3.95. The average molecular weight is 273 g/mol. The number of nitrogens with zero attached hydrogens (tertiary/aromatic N) is 1. The average Bonchev–Trinajstić information content (AvgIpc) is 2.89. The van der Waals surface area contributed by atoms with Crippen molar-refractivity contribution in [2.75, 3.05) is 32.8 Å². The lowest BCUT2D eigenvalue weighted by molar-refractivity contribution is 0.0343. The number of fused-ring (bicyclic) bond motifs is 1. The van der Waals surface area contributed by atoms with E-state index >= 15 is 0 Å². The number of hydrogen-bond donors (Lipinski definition) is 2. The summed E-state index contributed by atoms with van der Waals surface area (Å²) in [4.78, 5) is 5.79. The SMILES string of the molecule is CC(CN1CCOCC1)NCc1c[nH]c2ccccc12. The molecule has 3 rings (SSSR count). The van der Waals surface area contributed by atoms with Crippen LogP contribution in [0, 0.1) is 0 Å². The first-order valence-corrected chi connectivity index (χ1v) is 7.41. The van der Waals surface area contributed by atoms with Gasteiger partial charge in [-0.2, -0.15) is 0 Å². The maximum atomic E-state index is 5.38. The molecular formula is C16H23N3O. The summed E-state index contributed by atoms with van der Waals surface area (Å²) in [5.41, 5.74) is 2.56. The molecule has 0 spiro atoms. The van der Waals surface area contributed by atoms with Gasteiger partial charge in [0.05, 0.1) is 13.2 Å². The van der Waals surface area contributed by atoms with E-state index in [1.165, 1.54) is 16.5 Å². The lowest BCUT2D eigenvalue weighted by Gasteiger charge is -2.29. The highest BCUT2D eigenvalue weighted by atomic mass is 16.5. The van der Waals surface area contributed by atoms with E-state index in [1.54, 1.807) is 0 Å². The topological polar surface area (TPSA) is 40.3 Å². The van der Waals surface area contributed by atoms with Gasteiger partial charge in [-0.1, -0.05) is 18.2 Å². The van der Waals surface area contributed by atoms with Crippen molar-refractivity contribution in [2.24, 2.45) is 0 Å². The summed E-state index contributed by atoms with van der Waals surface area (Å²) in [7, 11) is 0. The largest absolute Gasteiger partial charge is 0.379 e. The van der Waals surface area contributed by atoms with Gasteiger partial charge in [0, 0.05) is 49.3 Å². The van der Waals surface area contributed by atoms with Crippen LogP contribution in [0.2, 0.25) is 0 Å². The summed E-state index contributed by atoms with van der Waals surface area (Å²) in [6.07, 6.45) is 2.11. The van der Waals surface area contributed by atoms with Gasteiger partial charge in [-0.25, -0.2) is 0 Å². The number of rotatable bonds is 5. The summed E-state index contributed by atoms with van der Waals surface area (Å²) < 4.78 is 5.38. The number of aromatic nitrogens is 1. The molecular weight excluding hydrogens is 250 g/mol. The summed E-state index contributed by atoms with van der Waals surface area (Å²) >= 11 is 0. The van der Waals surface area contributed by atoms with E-state index < -0.39 is 0 Å². The van der Waals surface area contributed by atoms with Crippen LogP contribution in [-0.2, 0) is 11.3 Å². The maximum absolute atomic E-state index is 5.38. The van der Waals surface area contributed by atoms with Gasteiger partial charge in [0.25, 0.3) is 0 Å². The fourth-order valence-electron chi connectivity index (χ4n) is 2.80. The Morgan fingerprint density at radius 3 is 2.95 bits per heavy atom. The number of morpholine rings is 1. The summed E-state index contributed by atoms with van der Waals surface area (Å²) in [6, 6.07) is 8.95. The van der Waals surface area contributed by atoms with Crippen LogP contribution in [0.25, 0.3) is 10.9 Å². The van der Waals surface area contributed by atoms with Gasteiger partial charge in [0.1, 0.15) is 0 Å². The minimum absolute atomic E-state index is 0.488. The van der Waals surface area contributed by atoms with Crippen molar-refractivity contribution in [1.29, 1.82) is 0 Å². The predicted octanol–water partition coefficient (Wildman–Crippen LogP) is 1.98. The van der Waals surface area contributed by atoms with E-state index in [4.69, 9.17) is 4.74 Å². The quantitative estimate of drug-likeness (QED) is 0.875. The molecule has 0 saturated carbocycles. The number of nitrogens with one attached hydrogen (secondary N) is 2. The van der Waals surface area contributed by atoms with Crippen LogP contribution in [-0.4, -0.2) is 48.8 Å². The molecule has 1 saturated heterocycles. The van der Waals surface area contributed by atoms with Crippen molar-refractivity contribution >= 4 is 10.9 Å². The van der Waals surface area contributed by atoms with E-state index in [2.05, 4.69) is 52.6 Å². The van der Waals surface area contributed by atoms with Crippen molar-refractivity contribution in [3.05, 3.63) is 36.0 Å². The maximum Gasteiger partial charge on any atom is 0.0594 e. The Bertz CT molecular complexity index is 545. The van der Waals surface area contributed by atoms with Crippen LogP contribution in [0.15, 0.2) is 30.5 Å². The molecule has 2 aromatic rings. The minimum Gasteiger partial charge on any atom is -0.379 e. The molecule has 1 aliphatic rings.